The van der Waals surface area contributed by atoms with E-state index in [9.17, 15) is 0 Å². The second-order valence-electron chi connectivity index (χ2n) is 3.25. The Bertz CT molecular complexity index is 250. The minimum absolute atomic E-state index is 0.544. The zero-order valence-electron chi connectivity index (χ0n) is 7.44. The zero-order valence-corrected chi connectivity index (χ0v) is 7.44. The number of allylic oxidation sites excluding steroid dienone is 1. The van der Waals surface area contributed by atoms with E-state index >= 15 is 0 Å². The highest BCUT2D eigenvalue weighted by Gasteiger charge is 2.11. The summed E-state index contributed by atoms with van der Waals surface area (Å²) in [5.41, 5.74) is 12.6. The molecule has 1 rings (SSSR count). The molecule has 0 aromatic heterocycles. The van der Waals surface area contributed by atoms with Gasteiger partial charge in [0.05, 0.1) is 0 Å². The van der Waals surface area contributed by atoms with E-state index < -0.39 is 0 Å². The van der Waals surface area contributed by atoms with Crippen LogP contribution in [-0.2, 0) is 0 Å². The van der Waals surface area contributed by atoms with Crippen LogP contribution in [0.25, 0.3) is 0 Å². The fourth-order valence-electron chi connectivity index (χ4n) is 1.35. The third-order valence-electron chi connectivity index (χ3n) is 1.87. The highest BCUT2D eigenvalue weighted by atomic mass is 14.5. The predicted molar refractivity (Wildman–Crippen MR) is 48.2 cm³/mol. The lowest BCUT2D eigenvalue weighted by Crippen LogP contribution is -2.07. The van der Waals surface area contributed by atoms with Crippen LogP contribution in [0, 0.1) is 5.92 Å². The van der Waals surface area contributed by atoms with Gasteiger partial charge in [-0.3, -0.25) is 0 Å². The number of hydrogen-bond donors (Lipinski definition) is 1. The average Bonchev–Trinajstić information content (AvgIpc) is 2.30. The van der Waals surface area contributed by atoms with Crippen molar-refractivity contribution in [2.45, 2.75) is 20.8 Å². The molecule has 1 nitrogen and oxygen atoms in total. The molecule has 11 heavy (non-hydrogen) atoms. The van der Waals surface area contributed by atoms with E-state index in [1.807, 2.05) is 0 Å². The molecule has 0 aromatic carbocycles. The van der Waals surface area contributed by atoms with E-state index in [1.165, 1.54) is 16.7 Å². The molecule has 60 valence electrons. The Labute approximate surface area is 68.3 Å². The van der Waals surface area contributed by atoms with Gasteiger partial charge in [-0.1, -0.05) is 13.8 Å². The van der Waals surface area contributed by atoms with Gasteiger partial charge >= 0.3 is 0 Å². The molecule has 0 unspecified atom stereocenters. The molecule has 1 aliphatic rings. The summed E-state index contributed by atoms with van der Waals surface area (Å²) in [6.45, 7) is 7.04. The second-order valence-corrected chi connectivity index (χ2v) is 3.25. The van der Waals surface area contributed by atoms with E-state index in [2.05, 4.69) is 32.6 Å². The maximum absolute atomic E-state index is 5.58. The molecule has 1 heteroatoms. The van der Waals surface area contributed by atoms with Crippen LogP contribution in [0.3, 0.4) is 0 Å². The van der Waals surface area contributed by atoms with Crippen molar-refractivity contribution in [3.05, 3.63) is 28.5 Å². The van der Waals surface area contributed by atoms with E-state index in [0.29, 0.717) is 12.5 Å². The highest BCUT2D eigenvalue weighted by Crippen LogP contribution is 2.23. The lowest BCUT2D eigenvalue weighted by molar-refractivity contribution is 0.776. The molecule has 1 aliphatic carbocycles. The fraction of sp³-hybridized carbons (Fsp3) is 0.500. The molecule has 0 saturated carbocycles. The number of hydrogen-bond acceptors (Lipinski definition) is 1. The van der Waals surface area contributed by atoms with Crippen molar-refractivity contribution >= 4 is 0 Å². The first-order chi connectivity index (χ1) is 5.15. The van der Waals surface area contributed by atoms with Crippen LogP contribution in [0.15, 0.2) is 28.5 Å². The summed E-state index contributed by atoms with van der Waals surface area (Å²) < 4.78 is 0. The smallest absolute Gasteiger partial charge is 0.0187 e. The standard InChI is InChI=1S/C10H15N/c1-7(2)10-5-8(3)4-9(10)6-11/h4,7H,6,11H2,1-3H3. The van der Waals surface area contributed by atoms with Crippen LogP contribution >= 0.6 is 0 Å². The van der Waals surface area contributed by atoms with Crippen molar-refractivity contribution in [1.82, 2.24) is 0 Å². The van der Waals surface area contributed by atoms with Gasteiger partial charge in [-0.05, 0) is 30.1 Å². The summed E-state index contributed by atoms with van der Waals surface area (Å²) in [5, 5.41) is 0. The molecule has 0 radical (unpaired) electrons. The quantitative estimate of drug-likeness (QED) is 0.597. The fourth-order valence-corrected chi connectivity index (χ4v) is 1.35. The Morgan fingerprint density at radius 3 is 2.55 bits per heavy atom. The molecule has 2 N–H and O–H groups in total. The molecule has 0 atom stereocenters. The minimum Gasteiger partial charge on any atom is -0.326 e. The largest absolute Gasteiger partial charge is 0.326 e. The molecule has 0 aromatic rings. The van der Waals surface area contributed by atoms with Crippen molar-refractivity contribution in [2.24, 2.45) is 11.7 Å². The van der Waals surface area contributed by atoms with E-state index in [-0.39, 0.29) is 0 Å². The topological polar surface area (TPSA) is 26.0 Å². The first-order valence-corrected chi connectivity index (χ1v) is 4.03. The third-order valence-corrected chi connectivity index (χ3v) is 1.87. The Kier molecular flexibility index (Phi) is 2.33. The van der Waals surface area contributed by atoms with Crippen molar-refractivity contribution in [3.8, 4) is 0 Å². The van der Waals surface area contributed by atoms with Gasteiger partial charge in [0.1, 0.15) is 0 Å². The highest BCUT2D eigenvalue weighted by molar-refractivity contribution is 5.45. The van der Waals surface area contributed by atoms with Gasteiger partial charge in [0.15, 0.2) is 0 Å². The molecular weight excluding hydrogens is 134 g/mol. The average molecular weight is 149 g/mol. The Hall–Kier alpha value is -0.780. The van der Waals surface area contributed by atoms with Gasteiger partial charge in [0.25, 0.3) is 0 Å². The second kappa shape index (κ2) is 3.08. The van der Waals surface area contributed by atoms with E-state index in [4.69, 9.17) is 5.73 Å². The van der Waals surface area contributed by atoms with Crippen LogP contribution < -0.4 is 5.73 Å². The third kappa shape index (κ3) is 1.62. The molecule has 0 heterocycles. The van der Waals surface area contributed by atoms with Crippen molar-refractivity contribution in [3.63, 3.8) is 0 Å². The maximum atomic E-state index is 5.58. The lowest BCUT2D eigenvalue weighted by Gasteiger charge is -2.07. The lowest BCUT2D eigenvalue weighted by atomic mass is 9.98. The Morgan fingerprint density at radius 2 is 2.18 bits per heavy atom. The van der Waals surface area contributed by atoms with Crippen LogP contribution in [0.4, 0.5) is 0 Å². The van der Waals surface area contributed by atoms with Gasteiger partial charge in [0.2, 0.25) is 0 Å². The van der Waals surface area contributed by atoms with E-state index in [1.54, 1.807) is 0 Å². The first kappa shape index (κ1) is 8.32. The van der Waals surface area contributed by atoms with Crippen LogP contribution in [0.2, 0.25) is 0 Å². The normalized spacial score (nSPS) is 16.6. The van der Waals surface area contributed by atoms with Gasteiger partial charge < -0.3 is 5.73 Å². The summed E-state index contributed by atoms with van der Waals surface area (Å²) in [5.74, 6) is 0.544. The van der Waals surface area contributed by atoms with Crippen LogP contribution in [-0.4, -0.2) is 6.54 Å². The zero-order chi connectivity index (χ0) is 8.43. The SMILES string of the molecule is CC1=C=C(C(C)C)C(CN)=C1. The summed E-state index contributed by atoms with van der Waals surface area (Å²) >= 11 is 0. The Balaban J connectivity index is 2.94. The molecule has 0 amide bonds. The molecule has 0 aliphatic heterocycles. The number of rotatable bonds is 2. The predicted octanol–water partition coefficient (Wildman–Crippen LogP) is 2.01. The monoisotopic (exact) mass is 149 g/mol. The molecular formula is C10H15N. The van der Waals surface area contributed by atoms with E-state index in [0.717, 1.165) is 0 Å². The summed E-state index contributed by atoms with van der Waals surface area (Å²) in [4.78, 5) is 0. The van der Waals surface area contributed by atoms with Gasteiger partial charge in [-0.25, -0.2) is 0 Å². The van der Waals surface area contributed by atoms with Crippen molar-refractivity contribution < 1.29 is 0 Å². The molecule has 0 spiro atoms. The van der Waals surface area contributed by atoms with Crippen molar-refractivity contribution in [2.75, 3.05) is 6.54 Å². The minimum atomic E-state index is 0.544. The van der Waals surface area contributed by atoms with Crippen LogP contribution in [0.1, 0.15) is 20.8 Å². The summed E-state index contributed by atoms with van der Waals surface area (Å²) in [6.07, 6.45) is 2.12. The van der Waals surface area contributed by atoms with Gasteiger partial charge in [-0.2, -0.15) is 0 Å². The van der Waals surface area contributed by atoms with Gasteiger partial charge in [-0.15, -0.1) is 5.73 Å². The van der Waals surface area contributed by atoms with Gasteiger partial charge in [0, 0.05) is 12.1 Å². The van der Waals surface area contributed by atoms with Crippen LogP contribution in [0.5, 0.6) is 0 Å². The molecule has 0 fully saturated rings. The first-order valence-electron chi connectivity index (χ1n) is 4.03. The molecule has 0 saturated heterocycles. The summed E-state index contributed by atoms with van der Waals surface area (Å²) in [7, 11) is 0. The molecule has 0 bridgehead atoms. The van der Waals surface area contributed by atoms with Crippen molar-refractivity contribution in [1.29, 1.82) is 0 Å². The summed E-state index contributed by atoms with van der Waals surface area (Å²) in [6, 6.07) is 0. The number of nitrogens with two attached hydrogens (primary N) is 1. The Morgan fingerprint density at radius 1 is 1.55 bits per heavy atom. The maximum Gasteiger partial charge on any atom is 0.0187 e.